The number of aromatic nitrogens is 2. The lowest BCUT2D eigenvalue weighted by atomic mass is 10.5. The van der Waals surface area contributed by atoms with E-state index in [4.69, 9.17) is 4.74 Å². The van der Waals surface area contributed by atoms with Gasteiger partial charge in [0.25, 0.3) is 0 Å². The molecule has 11 heteroatoms. The molecule has 1 aromatic heterocycles. The summed E-state index contributed by atoms with van der Waals surface area (Å²) in [6.07, 6.45) is -0.911. The molecular formula is C12H20N4O5S2. The summed E-state index contributed by atoms with van der Waals surface area (Å²) in [5, 5.41) is 3.77. The van der Waals surface area contributed by atoms with E-state index >= 15 is 0 Å². The molecule has 0 aliphatic heterocycles. The van der Waals surface area contributed by atoms with Crippen LogP contribution in [0.4, 0.5) is 9.59 Å². The Balaban J connectivity index is 3.45. The largest absolute Gasteiger partial charge is 0.445 e. The molecule has 1 heterocycles. The van der Waals surface area contributed by atoms with Crippen LogP contribution in [0.15, 0.2) is 9.33 Å². The zero-order valence-electron chi connectivity index (χ0n) is 13.6. The second-order valence-corrected chi connectivity index (χ2v) is 8.34. The molecule has 0 fully saturated rings. The van der Waals surface area contributed by atoms with Gasteiger partial charge < -0.3 is 9.64 Å². The molecule has 0 spiro atoms. The monoisotopic (exact) mass is 364 g/mol. The Bertz CT molecular complexity index is 746. The molecule has 0 aliphatic carbocycles. The van der Waals surface area contributed by atoms with Crippen LogP contribution in [0.1, 0.15) is 27.2 Å². The third-order valence-corrected chi connectivity index (χ3v) is 5.64. The number of ether oxygens (including phenoxy) is 1. The van der Waals surface area contributed by atoms with Gasteiger partial charge >= 0.3 is 12.1 Å². The van der Waals surface area contributed by atoms with Crippen LogP contribution in [0.5, 0.6) is 0 Å². The number of hydrogen-bond donors (Lipinski definition) is 0. The summed E-state index contributed by atoms with van der Waals surface area (Å²) >= 11 is 0.656. The average molecular weight is 364 g/mol. The van der Waals surface area contributed by atoms with Crippen molar-refractivity contribution >= 4 is 33.3 Å². The van der Waals surface area contributed by atoms with Crippen LogP contribution in [0.3, 0.4) is 0 Å². The SMILES string of the molecule is CCCS(=O)(=O)c1nn(C(=O)OC(C)C)c(=NC(=O)N(C)C)s1. The maximum atomic E-state index is 12.1. The highest BCUT2D eigenvalue weighted by Gasteiger charge is 2.23. The van der Waals surface area contributed by atoms with Crippen LogP contribution in [0, 0.1) is 0 Å². The lowest BCUT2D eigenvalue weighted by Gasteiger charge is -2.07. The van der Waals surface area contributed by atoms with Crippen LogP contribution in [-0.4, -0.2) is 61.2 Å². The molecule has 0 aliphatic rings. The number of carbonyl (C=O) groups is 2. The first-order valence-corrected chi connectivity index (χ1v) is 9.35. The van der Waals surface area contributed by atoms with Crippen molar-refractivity contribution in [2.45, 2.75) is 37.6 Å². The molecule has 0 bridgehead atoms. The molecule has 0 aromatic carbocycles. The van der Waals surface area contributed by atoms with Crippen molar-refractivity contribution in [2.24, 2.45) is 4.99 Å². The van der Waals surface area contributed by atoms with E-state index in [1.165, 1.54) is 19.0 Å². The van der Waals surface area contributed by atoms with Crippen molar-refractivity contribution in [3.63, 3.8) is 0 Å². The maximum absolute atomic E-state index is 12.1. The normalized spacial score (nSPS) is 12.5. The molecule has 23 heavy (non-hydrogen) atoms. The van der Waals surface area contributed by atoms with Gasteiger partial charge in [-0.2, -0.15) is 4.99 Å². The molecule has 0 unspecified atom stereocenters. The van der Waals surface area contributed by atoms with Gasteiger partial charge in [0, 0.05) is 14.1 Å². The lowest BCUT2D eigenvalue weighted by Crippen LogP contribution is -2.30. The van der Waals surface area contributed by atoms with Gasteiger partial charge in [-0.15, -0.1) is 9.78 Å². The van der Waals surface area contributed by atoms with Crippen LogP contribution in [0.2, 0.25) is 0 Å². The van der Waals surface area contributed by atoms with Crippen molar-refractivity contribution in [3.8, 4) is 0 Å². The highest BCUT2D eigenvalue weighted by molar-refractivity contribution is 7.93. The Morgan fingerprint density at radius 1 is 1.39 bits per heavy atom. The summed E-state index contributed by atoms with van der Waals surface area (Å²) in [4.78, 5) is 28.5. The van der Waals surface area contributed by atoms with E-state index in [1.807, 2.05) is 0 Å². The molecule has 0 radical (unpaired) electrons. The molecule has 0 saturated carbocycles. The van der Waals surface area contributed by atoms with E-state index in [-0.39, 0.29) is 14.9 Å². The minimum Gasteiger partial charge on any atom is -0.445 e. The van der Waals surface area contributed by atoms with Crippen LogP contribution >= 0.6 is 11.3 Å². The van der Waals surface area contributed by atoms with Gasteiger partial charge in [0.15, 0.2) is 0 Å². The molecule has 9 nitrogen and oxygen atoms in total. The van der Waals surface area contributed by atoms with Crippen molar-refractivity contribution in [2.75, 3.05) is 19.8 Å². The number of urea groups is 1. The van der Waals surface area contributed by atoms with Gasteiger partial charge in [-0.25, -0.2) is 18.0 Å². The van der Waals surface area contributed by atoms with Crippen molar-refractivity contribution in [1.82, 2.24) is 14.7 Å². The molecule has 2 amide bonds. The second kappa shape index (κ2) is 7.68. The van der Waals surface area contributed by atoms with Crippen molar-refractivity contribution < 1.29 is 22.7 Å². The first-order valence-electron chi connectivity index (χ1n) is 6.88. The average Bonchev–Trinajstić information content (AvgIpc) is 2.82. The molecule has 0 N–H and O–H groups in total. The Kier molecular flexibility index (Phi) is 6.45. The van der Waals surface area contributed by atoms with Gasteiger partial charge in [-0.1, -0.05) is 18.3 Å². The zero-order valence-corrected chi connectivity index (χ0v) is 15.3. The summed E-state index contributed by atoms with van der Waals surface area (Å²) in [7, 11) is -0.667. The van der Waals surface area contributed by atoms with Gasteiger partial charge in [0.05, 0.1) is 11.9 Å². The standard InChI is InChI=1S/C12H20N4O5S2/c1-6-7-23(19,20)11-14-16(12(18)21-8(2)3)10(22-11)13-9(17)15(4)5/h8H,6-7H2,1-5H3. The fourth-order valence-corrected chi connectivity index (χ4v) is 3.87. The minimum atomic E-state index is -3.64. The molecule has 0 saturated heterocycles. The quantitative estimate of drug-likeness (QED) is 0.791. The highest BCUT2D eigenvalue weighted by atomic mass is 32.2. The van der Waals surface area contributed by atoms with E-state index < -0.39 is 28.1 Å². The van der Waals surface area contributed by atoms with E-state index in [1.54, 1.807) is 20.8 Å². The predicted molar refractivity (Wildman–Crippen MR) is 84.1 cm³/mol. The lowest BCUT2D eigenvalue weighted by molar-refractivity contribution is 0.113. The number of amides is 2. The van der Waals surface area contributed by atoms with Crippen molar-refractivity contribution in [1.29, 1.82) is 0 Å². The number of nitrogens with zero attached hydrogens (tertiary/aromatic N) is 4. The molecule has 0 atom stereocenters. The van der Waals surface area contributed by atoms with Gasteiger partial charge in [-0.3, -0.25) is 0 Å². The third kappa shape index (κ3) is 5.13. The first kappa shape index (κ1) is 19.3. The summed E-state index contributed by atoms with van der Waals surface area (Å²) in [5.74, 6) is -0.110. The Hall–Kier alpha value is -1.75. The molecule has 1 rings (SSSR count). The number of hydrogen-bond acceptors (Lipinski definition) is 7. The maximum Gasteiger partial charge on any atom is 0.437 e. The van der Waals surface area contributed by atoms with Crippen molar-refractivity contribution in [3.05, 3.63) is 4.80 Å². The van der Waals surface area contributed by atoms with Gasteiger partial charge in [0.1, 0.15) is 0 Å². The second-order valence-electron chi connectivity index (χ2n) is 5.10. The Morgan fingerprint density at radius 3 is 2.48 bits per heavy atom. The predicted octanol–water partition coefficient (Wildman–Crippen LogP) is 1.10. The van der Waals surface area contributed by atoms with Crippen LogP contribution in [-0.2, 0) is 14.6 Å². The number of carbonyl (C=O) groups excluding carboxylic acids is 2. The van der Waals surface area contributed by atoms with Crippen LogP contribution < -0.4 is 4.80 Å². The van der Waals surface area contributed by atoms with E-state index in [9.17, 15) is 18.0 Å². The van der Waals surface area contributed by atoms with Gasteiger partial charge in [-0.05, 0) is 20.3 Å². The van der Waals surface area contributed by atoms with Crippen LogP contribution in [0.25, 0.3) is 0 Å². The zero-order chi connectivity index (χ0) is 17.8. The van der Waals surface area contributed by atoms with E-state index in [0.717, 1.165) is 0 Å². The fourth-order valence-electron chi connectivity index (χ4n) is 1.37. The molecule has 1 aromatic rings. The smallest absolute Gasteiger partial charge is 0.437 e. The summed E-state index contributed by atoms with van der Waals surface area (Å²) in [6, 6.07) is -0.640. The van der Waals surface area contributed by atoms with Gasteiger partial charge in [0.2, 0.25) is 19.0 Å². The van der Waals surface area contributed by atoms with E-state index in [2.05, 4.69) is 10.1 Å². The highest BCUT2D eigenvalue weighted by Crippen LogP contribution is 2.12. The Morgan fingerprint density at radius 2 is 2.00 bits per heavy atom. The minimum absolute atomic E-state index is 0.110. The first-order chi connectivity index (χ1) is 10.6. The number of sulfone groups is 1. The summed E-state index contributed by atoms with van der Waals surface area (Å²) in [6.45, 7) is 5.00. The molecular weight excluding hydrogens is 344 g/mol. The van der Waals surface area contributed by atoms with E-state index in [0.29, 0.717) is 22.4 Å². The summed E-state index contributed by atoms with van der Waals surface area (Å²) in [5.41, 5.74) is 0. The third-order valence-electron chi connectivity index (χ3n) is 2.36. The number of rotatable bonds is 4. The molecule has 130 valence electrons. The summed E-state index contributed by atoms with van der Waals surface area (Å²) < 4.78 is 29.6. The topological polar surface area (TPSA) is 111 Å². The Labute approximate surface area is 138 Å². The fraction of sp³-hybridized carbons (Fsp3) is 0.667.